The number of nitrogens with zero attached hydrogens (tertiary/aromatic N) is 3. The Hall–Kier alpha value is -2.21. The van der Waals surface area contributed by atoms with Gasteiger partial charge < -0.3 is 9.52 Å². The van der Waals surface area contributed by atoms with Crippen molar-refractivity contribution in [3.63, 3.8) is 0 Å². The normalized spacial score (nSPS) is 15.2. The van der Waals surface area contributed by atoms with Crippen LogP contribution in [-0.2, 0) is 0 Å². The van der Waals surface area contributed by atoms with Crippen LogP contribution in [0.5, 0.6) is 5.88 Å². The molecule has 0 aliphatic carbocycles. The minimum atomic E-state index is 0.0344. The first kappa shape index (κ1) is 12.8. The van der Waals surface area contributed by atoms with E-state index in [0.717, 1.165) is 16.8 Å². The predicted octanol–water partition coefficient (Wildman–Crippen LogP) is 3.75. The molecule has 0 amide bonds. The molecule has 0 aromatic carbocycles. The Labute approximate surface area is 120 Å². The second-order valence-corrected chi connectivity index (χ2v) is 5.12. The van der Waals surface area contributed by atoms with Gasteiger partial charge in [-0.3, -0.25) is 14.5 Å². The third-order valence-corrected chi connectivity index (χ3v) is 3.38. The van der Waals surface area contributed by atoms with Crippen LogP contribution >= 0.6 is 12.2 Å². The van der Waals surface area contributed by atoms with Crippen molar-refractivity contribution in [3.8, 4) is 5.88 Å². The number of pyridine rings is 1. The molecule has 0 saturated heterocycles. The lowest BCUT2D eigenvalue weighted by molar-refractivity contribution is 0.397. The van der Waals surface area contributed by atoms with Crippen LogP contribution in [0.4, 0.5) is 5.69 Å². The molecule has 0 atom stereocenters. The minimum Gasteiger partial charge on any atom is -0.492 e. The number of allylic oxidation sites excluding steroid dienone is 1. The number of rotatable bonds is 2. The maximum Gasteiger partial charge on any atom is 0.272 e. The summed E-state index contributed by atoms with van der Waals surface area (Å²) in [7, 11) is 0. The van der Waals surface area contributed by atoms with Gasteiger partial charge in [0.05, 0.1) is 11.9 Å². The number of aromatic hydroxyl groups is 1. The second-order valence-electron chi connectivity index (χ2n) is 4.77. The summed E-state index contributed by atoms with van der Waals surface area (Å²) in [4.78, 5) is 8.54. The van der Waals surface area contributed by atoms with Crippen molar-refractivity contribution >= 4 is 35.8 Å². The summed E-state index contributed by atoms with van der Waals surface area (Å²) in [6.07, 6.45) is 6.86. The summed E-state index contributed by atoms with van der Waals surface area (Å²) < 4.78 is 7.03. The van der Waals surface area contributed by atoms with Gasteiger partial charge in [0.1, 0.15) is 0 Å². The maximum atomic E-state index is 10.2. The van der Waals surface area contributed by atoms with Gasteiger partial charge >= 0.3 is 0 Å². The van der Waals surface area contributed by atoms with Crippen LogP contribution in [0.1, 0.15) is 31.2 Å². The van der Waals surface area contributed by atoms with Gasteiger partial charge in [0.2, 0.25) is 5.88 Å². The molecule has 0 radical (unpaired) electrons. The first-order valence-electron chi connectivity index (χ1n) is 6.22. The number of fused-ring (bicyclic) bond motifs is 1. The Balaban J connectivity index is 2.10. The standard InChI is InChI=1S/C14H13N3O2S/c1-8(2)17-13(18)12(19-14(17)20)5-9-6-16-11-7-15-4-3-10(9)11/h3-8,18H,1-2H3/b9-5+. The zero-order chi connectivity index (χ0) is 14.3. The van der Waals surface area contributed by atoms with Gasteiger partial charge in [0.25, 0.3) is 4.84 Å². The number of aromatic nitrogens is 2. The van der Waals surface area contributed by atoms with E-state index in [1.165, 1.54) is 0 Å². The molecule has 2 aromatic heterocycles. The smallest absolute Gasteiger partial charge is 0.272 e. The van der Waals surface area contributed by atoms with Gasteiger partial charge in [-0.2, -0.15) is 0 Å². The third kappa shape index (κ3) is 1.98. The molecule has 1 N–H and O–H groups in total. The highest BCUT2D eigenvalue weighted by molar-refractivity contribution is 7.71. The van der Waals surface area contributed by atoms with E-state index in [4.69, 9.17) is 16.6 Å². The summed E-state index contributed by atoms with van der Waals surface area (Å²) in [5.74, 6) is 0.378. The van der Waals surface area contributed by atoms with Crippen LogP contribution in [0, 0.1) is 4.84 Å². The van der Waals surface area contributed by atoms with Crippen molar-refractivity contribution in [1.82, 2.24) is 9.55 Å². The van der Waals surface area contributed by atoms with Crippen LogP contribution in [0.3, 0.4) is 0 Å². The fourth-order valence-corrected chi connectivity index (χ4v) is 2.53. The Bertz CT molecular complexity index is 784. The molecular weight excluding hydrogens is 274 g/mol. The molecule has 0 saturated carbocycles. The van der Waals surface area contributed by atoms with E-state index in [1.807, 2.05) is 19.9 Å². The third-order valence-electron chi connectivity index (χ3n) is 3.10. The molecule has 3 heterocycles. The molecule has 0 fully saturated rings. The van der Waals surface area contributed by atoms with Gasteiger partial charge in [-0.15, -0.1) is 0 Å². The summed E-state index contributed by atoms with van der Waals surface area (Å²) in [5.41, 5.74) is 2.62. The van der Waals surface area contributed by atoms with Crippen LogP contribution in [0.15, 0.2) is 27.9 Å². The highest BCUT2D eigenvalue weighted by Gasteiger charge is 2.17. The Morgan fingerprint density at radius 2 is 2.25 bits per heavy atom. The highest BCUT2D eigenvalue weighted by atomic mass is 32.1. The first-order chi connectivity index (χ1) is 9.58. The highest BCUT2D eigenvalue weighted by Crippen LogP contribution is 2.34. The van der Waals surface area contributed by atoms with E-state index in [2.05, 4.69) is 9.98 Å². The fourth-order valence-electron chi connectivity index (χ4n) is 2.14. The van der Waals surface area contributed by atoms with Gasteiger partial charge in [0.15, 0.2) is 5.76 Å². The molecule has 1 aliphatic rings. The van der Waals surface area contributed by atoms with E-state index in [-0.39, 0.29) is 16.8 Å². The van der Waals surface area contributed by atoms with Crippen LogP contribution in [-0.4, -0.2) is 20.9 Å². The van der Waals surface area contributed by atoms with E-state index in [1.54, 1.807) is 29.3 Å². The van der Waals surface area contributed by atoms with Gasteiger partial charge in [0, 0.05) is 29.6 Å². The van der Waals surface area contributed by atoms with Crippen molar-refractivity contribution < 1.29 is 9.52 Å². The molecule has 3 rings (SSSR count). The minimum absolute atomic E-state index is 0.0344. The number of hydrogen-bond donors (Lipinski definition) is 1. The van der Waals surface area contributed by atoms with Crippen LogP contribution in [0.2, 0.25) is 0 Å². The zero-order valence-electron chi connectivity index (χ0n) is 11.1. The van der Waals surface area contributed by atoms with Gasteiger partial charge in [-0.25, -0.2) is 0 Å². The Morgan fingerprint density at radius 1 is 1.45 bits per heavy atom. The van der Waals surface area contributed by atoms with E-state index >= 15 is 0 Å². The summed E-state index contributed by atoms with van der Waals surface area (Å²) in [6.45, 7) is 3.86. The van der Waals surface area contributed by atoms with Crippen molar-refractivity contribution in [2.45, 2.75) is 19.9 Å². The molecule has 6 heteroatoms. The van der Waals surface area contributed by atoms with Gasteiger partial charge in [-0.05, 0) is 38.2 Å². The van der Waals surface area contributed by atoms with Crippen LogP contribution in [0.25, 0.3) is 11.6 Å². The molecule has 0 spiro atoms. The number of aliphatic imine (C=N–C) groups is 1. The lowest BCUT2D eigenvalue weighted by Gasteiger charge is -2.05. The van der Waals surface area contributed by atoms with Crippen LogP contribution < -0.4 is 0 Å². The fraction of sp³-hybridized carbons (Fsp3) is 0.214. The van der Waals surface area contributed by atoms with Crippen molar-refractivity contribution in [2.24, 2.45) is 4.99 Å². The lowest BCUT2D eigenvalue weighted by Crippen LogP contribution is -1.99. The monoisotopic (exact) mass is 287 g/mol. The van der Waals surface area contributed by atoms with Gasteiger partial charge in [-0.1, -0.05) is 0 Å². The molecular formula is C14H13N3O2S. The molecule has 102 valence electrons. The van der Waals surface area contributed by atoms with Crippen molar-refractivity contribution in [2.75, 3.05) is 0 Å². The lowest BCUT2D eigenvalue weighted by atomic mass is 10.1. The summed E-state index contributed by atoms with van der Waals surface area (Å²) in [5, 5.41) is 10.2. The molecule has 5 nitrogen and oxygen atoms in total. The average Bonchev–Trinajstić information content (AvgIpc) is 2.93. The largest absolute Gasteiger partial charge is 0.492 e. The average molecular weight is 287 g/mol. The van der Waals surface area contributed by atoms with Crippen molar-refractivity contribution in [3.05, 3.63) is 34.6 Å². The molecule has 1 aliphatic heterocycles. The van der Waals surface area contributed by atoms with E-state index < -0.39 is 0 Å². The van der Waals surface area contributed by atoms with E-state index in [9.17, 15) is 5.11 Å². The SMILES string of the molecule is CC(C)n1c(O)c(/C=C2\C=Nc3cnccc32)oc1=S. The zero-order valence-corrected chi connectivity index (χ0v) is 11.9. The second kappa shape index (κ2) is 4.72. The molecule has 2 aromatic rings. The maximum absolute atomic E-state index is 10.2. The number of hydrogen-bond acceptors (Lipinski definition) is 5. The summed E-state index contributed by atoms with van der Waals surface area (Å²) in [6, 6.07) is 1.91. The summed E-state index contributed by atoms with van der Waals surface area (Å²) >= 11 is 5.12. The first-order valence-corrected chi connectivity index (χ1v) is 6.63. The molecule has 0 bridgehead atoms. The molecule has 0 unspecified atom stereocenters. The molecule has 20 heavy (non-hydrogen) atoms. The Morgan fingerprint density at radius 3 is 2.95 bits per heavy atom. The van der Waals surface area contributed by atoms with E-state index in [0.29, 0.717) is 5.76 Å². The Kier molecular flexibility index (Phi) is 3.02. The predicted molar refractivity (Wildman–Crippen MR) is 79.8 cm³/mol. The number of oxazole rings is 1. The topological polar surface area (TPSA) is 63.5 Å². The van der Waals surface area contributed by atoms with Crippen molar-refractivity contribution in [1.29, 1.82) is 0 Å². The quantitative estimate of drug-likeness (QED) is 0.854.